The lowest BCUT2D eigenvalue weighted by Crippen LogP contribution is -2.12. The topological polar surface area (TPSA) is 54.3 Å². The van der Waals surface area contributed by atoms with Crippen LogP contribution in [0.1, 0.15) is 29.5 Å². The maximum absolute atomic E-state index is 8.58. The standard InChI is InChI=1S/C20H24N2O2/c1-16-5-7-17(8-6-16)14-22-15-18-9-10-19(23-2)20(13-18)24-12-4-3-11-21/h5-10,13,22H,3-4,12,14-15H2,1-2H3. The molecule has 126 valence electrons. The normalized spacial score (nSPS) is 10.2. The Morgan fingerprint density at radius 1 is 1.00 bits per heavy atom. The summed E-state index contributed by atoms with van der Waals surface area (Å²) in [7, 11) is 1.63. The van der Waals surface area contributed by atoms with Gasteiger partial charge < -0.3 is 14.8 Å². The average Bonchev–Trinajstić information content (AvgIpc) is 2.61. The first-order valence-corrected chi connectivity index (χ1v) is 8.16. The van der Waals surface area contributed by atoms with Gasteiger partial charge in [-0.25, -0.2) is 0 Å². The molecule has 24 heavy (non-hydrogen) atoms. The first-order chi connectivity index (χ1) is 11.7. The van der Waals surface area contributed by atoms with Crippen LogP contribution in [-0.4, -0.2) is 13.7 Å². The van der Waals surface area contributed by atoms with E-state index >= 15 is 0 Å². The summed E-state index contributed by atoms with van der Waals surface area (Å²) in [6.45, 7) is 4.19. The summed E-state index contributed by atoms with van der Waals surface area (Å²) in [6.07, 6.45) is 1.22. The molecular weight excluding hydrogens is 300 g/mol. The van der Waals surface area contributed by atoms with Gasteiger partial charge in [0.2, 0.25) is 0 Å². The van der Waals surface area contributed by atoms with E-state index < -0.39 is 0 Å². The fourth-order valence-electron chi connectivity index (χ4n) is 2.33. The Balaban J connectivity index is 1.90. The van der Waals surface area contributed by atoms with Gasteiger partial charge in [0, 0.05) is 19.5 Å². The molecule has 4 heteroatoms. The van der Waals surface area contributed by atoms with E-state index in [1.165, 1.54) is 11.1 Å². The summed E-state index contributed by atoms with van der Waals surface area (Å²) in [5.41, 5.74) is 3.67. The summed E-state index contributed by atoms with van der Waals surface area (Å²) in [5, 5.41) is 12.0. The molecule has 0 aromatic heterocycles. The van der Waals surface area contributed by atoms with Gasteiger partial charge in [-0.05, 0) is 36.6 Å². The Morgan fingerprint density at radius 2 is 1.71 bits per heavy atom. The van der Waals surface area contributed by atoms with Gasteiger partial charge in [0.1, 0.15) is 0 Å². The lowest BCUT2D eigenvalue weighted by atomic mass is 10.1. The van der Waals surface area contributed by atoms with E-state index in [9.17, 15) is 0 Å². The van der Waals surface area contributed by atoms with Crippen LogP contribution in [0.25, 0.3) is 0 Å². The van der Waals surface area contributed by atoms with Gasteiger partial charge in [0.15, 0.2) is 11.5 Å². The fourth-order valence-corrected chi connectivity index (χ4v) is 2.33. The number of aryl methyl sites for hydroxylation is 1. The number of nitrogens with zero attached hydrogens (tertiary/aromatic N) is 1. The molecule has 2 aromatic carbocycles. The summed E-state index contributed by atoms with van der Waals surface area (Å²) >= 11 is 0. The van der Waals surface area contributed by atoms with E-state index in [0.29, 0.717) is 18.8 Å². The quantitative estimate of drug-likeness (QED) is 0.709. The molecular formula is C20H24N2O2. The minimum absolute atomic E-state index is 0.500. The van der Waals surface area contributed by atoms with E-state index in [2.05, 4.69) is 42.6 Å². The highest BCUT2D eigenvalue weighted by atomic mass is 16.5. The molecule has 0 atom stereocenters. The first kappa shape index (κ1) is 17.8. The molecule has 0 aliphatic rings. The highest BCUT2D eigenvalue weighted by molar-refractivity contribution is 5.43. The third kappa shape index (κ3) is 5.60. The number of unbranched alkanes of at least 4 members (excludes halogenated alkanes) is 1. The average molecular weight is 324 g/mol. The van der Waals surface area contributed by atoms with Crippen LogP contribution in [-0.2, 0) is 13.1 Å². The molecule has 0 bridgehead atoms. The maximum atomic E-state index is 8.58. The van der Waals surface area contributed by atoms with Crippen molar-refractivity contribution in [2.24, 2.45) is 0 Å². The SMILES string of the molecule is COc1ccc(CNCc2ccc(C)cc2)cc1OCCCC#N. The number of hydrogen-bond donors (Lipinski definition) is 1. The van der Waals surface area contributed by atoms with Crippen molar-refractivity contribution in [3.63, 3.8) is 0 Å². The summed E-state index contributed by atoms with van der Waals surface area (Å²) in [6, 6.07) is 16.6. The molecule has 0 heterocycles. The maximum Gasteiger partial charge on any atom is 0.161 e. The van der Waals surface area contributed by atoms with Crippen molar-refractivity contribution in [3.8, 4) is 17.6 Å². The minimum Gasteiger partial charge on any atom is -0.493 e. The first-order valence-electron chi connectivity index (χ1n) is 8.16. The Hall–Kier alpha value is -2.51. The zero-order valence-electron chi connectivity index (χ0n) is 14.3. The number of nitriles is 1. The minimum atomic E-state index is 0.500. The smallest absolute Gasteiger partial charge is 0.161 e. The number of ether oxygens (including phenoxy) is 2. The highest BCUT2D eigenvalue weighted by Crippen LogP contribution is 2.28. The second-order valence-electron chi connectivity index (χ2n) is 5.68. The van der Waals surface area contributed by atoms with Gasteiger partial charge in [0.05, 0.1) is 19.8 Å². The predicted octanol–water partition coefficient (Wildman–Crippen LogP) is 3.98. The van der Waals surface area contributed by atoms with Crippen LogP contribution in [0.3, 0.4) is 0 Å². The molecule has 0 aliphatic heterocycles. The molecule has 0 unspecified atom stereocenters. The molecule has 0 fully saturated rings. The van der Waals surface area contributed by atoms with Crippen LogP contribution in [0, 0.1) is 18.3 Å². The van der Waals surface area contributed by atoms with Crippen LogP contribution < -0.4 is 14.8 Å². The zero-order valence-corrected chi connectivity index (χ0v) is 14.3. The number of benzene rings is 2. The zero-order chi connectivity index (χ0) is 17.2. The second kappa shape index (κ2) is 9.59. The van der Waals surface area contributed by atoms with Crippen LogP contribution in [0.5, 0.6) is 11.5 Å². The molecule has 0 saturated heterocycles. The van der Waals surface area contributed by atoms with Crippen molar-refractivity contribution >= 4 is 0 Å². The molecule has 4 nitrogen and oxygen atoms in total. The highest BCUT2D eigenvalue weighted by Gasteiger charge is 2.06. The van der Waals surface area contributed by atoms with E-state index in [0.717, 1.165) is 30.8 Å². The summed E-state index contributed by atoms with van der Waals surface area (Å²) in [4.78, 5) is 0. The van der Waals surface area contributed by atoms with Gasteiger partial charge in [-0.1, -0.05) is 35.9 Å². The van der Waals surface area contributed by atoms with Gasteiger partial charge in [0.25, 0.3) is 0 Å². The Kier molecular flexibility index (Phi) is 7.13. The Morgan fingerprint density at radius 3 is 2.42 bits per heavy atom. The van der Waals surface area contributed by atoms with Crippen molar-refractivity contribution in [1.82, 2.24) is 5.32 Å². The third-order valence-electron chi connectivity index (χ3n) is 3.70. The van der Waals surface area contributed by atoms with E-state index in [4.69, 9.17) is 14.7 Å². The molecule has 0 aliphatic carbocycles. The second-order valence-corrected chi connectivity index (χ2v) is 5.68. The van der Waals surface area contributed by atoms with Crippen LogP contribution >= 0.6 is 0 Å². The lowest BCUT2D eigenvalue weighted by molar-refractivity contribution is 0.290. The largest absolute Gasteiger partial charge is 0.493 e. The van der Waals surface area contributed by atoms with Gasteiger partial charge in [-0.2, -0.15) is 5.26 Å². The van der Waals surface area contributed by atoms with Gasteiger partial charge >= 0.3 is 0 Å². The molecule has 2 rings (SSSR count). The van der Waals surface area contributed by atoms with Gasteiger partial charge in [-0.3, -0.25) is 0 Å². The molecule has 2 aromatic rings. The molecule has 0 spiro atoms. The summed E-state index contributed by atoms with van der Waals surface area (Å²) < 4.78 is 11.1. The number of nitrogens with one attached hydrogen (secondary N) is 1. The van der Waals surface area contributed by atoms with Crippen LogP contribution in [0.15, 0.2) is 42.5 Å². The predicted molar refractivity (Wildman–Crippen MR) is 95.1 cm³/mol. The van der Waals surface area contributed by atoms with Crippen molar-refractivity contribution in [1.29, 1.82) is 5.26 Å². The van der Waals surface area contributed by atoms with Gasteiger partial charge in [-0.15, -0.1) is 0 Å². The third-order valence-corrected chi connectivity index (χ3v) is 3.70. The monoisotopic (exact) mass is 324 g/mol. The van der Waals surface area contributed by atoms with E-state index in [1.807, 2.05) is 18.2 Å². The Labute approximate surface area is 144 Å². The Bertz CT molecular complexity index is 675. The molecule has 1 N–H and O–H groups in total. The van der Waals surface area contributed by atoms with Crippen molar-refractivity contribution in [3.05, 3.63) is 59.2 Å². The number of methoxy groups -OCH3 is 1. The molecule has 0 radical (unpaired) electrons. The summed E-state index contributed by atoms with van der Waals surface area (Å²) in [5.74, 6) is 1.44. The van der Waals surface area contributed by atoms with E-state index in [-0.39, 0.29) is 0 Å². The van der Waals surface area contributed by atoms with Crippen molar-refractivity contribution < 1.29 is 9.47 Å². The molecule has 0 saturated carbocycles. The van der Waals surface area contributed by atoms with Crippen molar-refractivity contribution in [2.75, 3.05) is 13.7 Å². The van der Waals surface area contributed by atoms with Crippen molar-refractivity contribution in [2.45, 2.75) is 32.9 Å². The van der Waals surface area contributed by atoms with E-state index in [1.54, 1.807) is 7.11 Å². The van der Waals surface area contributed by atoms with Crippen LogP contribution in [0.2, 0.25) is 0 Å². The fraction of sp³-hybridized carbons (Fsp3) is 0.350. The number of hydrogen-bond acceptors (Lipinski definition) is 4. The van der Waals surface area contributed by atoms with Crippen LogP contribution in [0.4, 0.5) is 0 Å². The lowest BCUT2D eigenvalue weighted by Gasteiger charge is -2.12. The molecule has 0 amide bonds. The number of rotatable bonds is 9.